The SMILES string of the molecule is CC(=O)O[C@@H]1C[C@@H]2C(C=CC(=O)C2(C)C)[C@H]2CC[C@@]3(C)COC(=O)[C@H]4O[C@]43[C@@]21C. The Morgan fingerprint density at radius 3 is 2.59 bits per heavy atom. The van der Waals surface area contributed by atoms with Crippen molar-refractivity contribution in [2.45, 2.75) is 71.7 Å². The molecule has 2 saturated carbocycles. The molecule has 0 radical (unpaired) electrons. The molecule has 158 valence electrons. The van der Waals surface area contributed by atoms with Crippen LogP contribution in [0.5, 0.6) is 0 Å². The molecule has 0 aromatic rings. The Bertz CT molecular complexity index is 844. The van der Waals surface area contributed by atoms with Crippen molar-refractivity contribution in [3.8, 4) is 0 Å². The molecular formula is C23H30O6. The summed E-state index contributed by atoms with van der Waals surface area (Å²) < 4.78 is 17.7. The fourth-order valence-corrected chi connectivity index (χ4v) is 7.60. The van der Waals surface area contributed by atoms with Crippen LogP contribution in [0.1, 0.15) is 53.9 Å². The van der Waals surface area contributed by atoms with E-state index in [1.54, 1.807) is 6.08 Å². The van der Waals surface area contributed by atoms with Crippen molar-refractivity contribution in [1.82, 2.24) is 0 Å². The minimum absolute atomic E-state index is 0.0934. The number of cyclic esters (lactones) is 1. The van der Waals surface area contributed by atoms with Crippen LogP contribution >= 0.6 is 0 Å². The number of hydrogen-bond acceptors (Lipinski definition) is 6. The van der Waals surface area contributed by atoms with Crippen molar-refractivity contribution in [3.63, 3.8) is 0 Å². The van der Waals surface area contributed by atoms with Gasteiger partial charge in [0.25, 0.3) is 0 Å². The molecule has 1 spiro atoms. The van der Waals surface area contributed by atoms with Crippen molar-refractivity contribution < 1.29 is 28.6 Å². The lowest BCUT2D eigenvalue weighted by Crippen LogP contribution is -2.70. The van der Waals surface area contributed by atoms with Gasteiger partial charge in [0.15, 0.2) is 11.9 Å². The van der Waals surface area contributed by atoms with Crippen molar-refractivity contribution in [2.75, 3.05) is 6.61 Å². The van der Waals surface area contributed by atoms with Gasteiger partial charge < -0.3 is 14.2 Å². The number of epoxide rings is 1. The minimum atomic E-state index is -0.678. The number of esters is 2. The molecule has 29 heavy (non-hydrogen) atoms. The number of carbonyl (C=O) groups is 3. The number of allylic oxidation sites excluding steroid dienone is 2. The zero-order chi connectivity index (χ0) is 21.0. The zero-order valence-corrected chi connectivity index (χ0v) is 17.8. The molecule has 4 fully saturated rings. The monoisotopic (exact) mass is 402 g/mol. The Balaban J connectivity index is 1.66. The smallest absolute Gasteiger partial charge is 0.338 e. The van der Waals surface area contributed by atoms with Crippen LogP contribution < -0.4 is 0 Å². The molecule has 2 saturated heterocycles. The lowest BCUT2D eigenvalue weighted by Gasteiger charge is -2.64. The van der Waals surface area contributed by atoms with Gasteiger partial charge >= 0.3 is 11.9 Å². The van der Waals surface area contributed by atoms with Gasteiger partial charge in [-0.3, -0.25) is 9.59 Å². The molecule has 0 N–H and O–H groups in total. The van der Waals surface area contributed by atoms with Crippen LogP contribution in [0.25, 0.3) is 0 Å². The number of carbonyl (C=O) groups excluding carboxylic acids is 3. The van der Waals surface area contributed by atoms with Crippen LogP contribution in [0.15, 0.2) is 12.2 Å². The highest BCUT2D eigenvalue weighted by atomic mass is 16.7. The standard InChI is InChI=1S/C23H30O6/c1-12(24)28-17-10-15-13(6-7-16(25)20(15,2)3)14-8-9-21(4)11-27-19(26)18-23(21,29-18)22(14,17)5/h6-7,13-15,17-18H,8-11H2,1-5H3/t13?,14-,15-,17-,18-,21+,22+,23-/m1/s1. The van der Waals surface area contributed by atoms with Gasteiger partial charge in [-0.25, -0.2) is 4.79 Å². The minimum Gasteiger partial charge on any atom is -0.463 e. The van der Waals surface area contributed by atoms with Crippen LogP contribution in [0.3, 0.4) is 0 Å². The highest BCUT2D eigenvalue weighted by molar-refractivity contribution is 5.95. The summed E-state index contributed by atoms with van der Waals surface area (Å²) in [6.07, 6.45) is 5.23. The first-order valence-electron chi connectivity index (χ1n) is 10.7. The summed E-state index contributed by atoms with van der Waals surface area (Å²) in [5, 5.41) is 0. The van der Waals surface area contributed by atoms with Gasteiger partial charge in [0.2, 0.25) is 0 Å². The first-order chi connectivity index (χ1) is 13.5. The highest BCUT2D eigenvalue weighted by Gasteiger charge is 2.85. The highest BCUT2D eigenvalue weighted by Crippen LogP contribution is 2.75. The van der Waals surface area contributed by atoms with Gasteiger partial charge in [0, 0.05) is 23.2 Å². The van der Waals surface area contributed by atoms with Gasteiger partial charge in [-0.15, -0.1) is 0 Å². The number of hydrogen-bond donors (Lipinski definition) is 0. The third kappa shape index (κ3) is 2.09. The second kappa shape index (κ2) is 5.51. The maximum Gasteiger partial charge on any atom is 0.338 e. The van der Waals surface area contributed by atoms with Crippen molar-refractivity contribution in [1.29, 1.82) is 0 Å². The van der Waals surface area contributed by atoms with Gasteiger partial charge in [0.05, 0.1) is 6.61 Å². The molecule has 0 bridgehead atoms. The Morgan fingerprint density at radius 2 is 1.90 bits per heavy atom. The largest absolute Gasteiger partial charge is 0.463 e. The van der Waals surface area contributed by atoms with E-state index in [2.05, 4.69) is 19.9 Å². The van der Waals surface area contributed by atoms with E-state index in [1.165, 1.54) is 6.92 Å². The van der Waals surface area contributed by atoms with Gasteiger partial charge in [0.1, 0.15) is 11.7 Å². The fraction of sp³-hybridized carbons (Fsp3) is 0.783. The third-order valence-electron chi connectivity index (χ3n) is 9.24. The summed E-state index contributed by atoms with van der Waals surface area (Å²) in [7, 11) is 0. The van der Waals surface area contributed by atoms with Crippen LogP contribution in [0, 0.1) is 34.0 Å². The van der Waals surface area contributed by atoms with E-state index in [-0.39, 0.29) is 40.9 Å². The third-order valence-corrected chi connectivity index (χ3v) is 9.24. The molecule has 0 aromatic carbocycles. The lowest BCUT2D eigenvalue weighted by molar-refractivity contribution is -0.223. The second-order valence-corrected chi connectivity index (χ2v) is 10.8. The van der Waals surface area contributed by atoms with E-state index in [4.69, 9.17) is 14.2 Å². The normalized spacial score (nSPS) is 51.7. The van der Waals surface area contributed by atoms with Crippen molar-refractivity contribution in [3.05, 3.63) is 12.2 Å². The van der Waals surface area contributed by atoms with E-state index in [9.17, 15) is 14.4 Å². The van der Waals surface area contributed by atoms with Crippen molar-refractivity contribution in [2.24, 2.45) is 34.0 Å². The van der Waals surface area contributed by atoms with E-state index in [1.807, 2.05) is 13.8 Å². The molecule has 3 aliphatic carbocycles. The zero-order valence-electron chi connectivity index (χ0n) is 17.8. The fourth-order valence-electron chi connectivity index (χ4n) is 7.60. The Labute approximate surface area is 171 Å². The van der Waals surface area contributed by atoms with Crippen LogP contribution in [0.4, 0.5) is 0 Å². The quantitative estimate of drug-likeness (QED) is 0.495. The summed E-state index contributed by atoms with van der Waals surface area (Å²) in [4.78, 5) is 37.2. The van der Waals surface area contributed by atoms with Gasteiger partial charge in [-0.1, -0.05) is 33.8 Å². The lowest BCUT2D eigenvalue weighted by atomic mass is 9.40. The predicted octanol–water partition coefficient (Wildman–Crippen LogP) is 2.84. The molecule has 6 heteroatoms. The molecule has 5 aliphatic rings. The summed E-state index contributed by atoms with van der Waals surface area (Å²) in [5.74, 6) is -0.0502. The maximum atomic E-state index is 12.7. The average Bonchev–Trinajstić information content (AvgIpc) is 3.40. The molecular weight excluding hydrogens is 372 g/mol. The first kappa shape index (κ1) is 19.3. The number of rotatable bonds is 1. The summed E-state index contributed by atoms with van der Waals surface area (Å²) >= 11 is 0. The molecule has 0 aromatic heterocycles. The molecule has 0 amide bonds. The Kier molecular flexibility index (Phi) is 3.66. The molecule has 2 aliphatic heterocycles. The molecule has 1 unspecified atom stereocenters. The topological polar surface area (TPSA) is 82.2 Å². The number of ether oxygens (including phenoxy) is 3. The van der Waals surface area contributed by atoms with Crippen LogP contribution in [-0.4, -0.2) is 42.1 Å². The summed E-state index contributed by atoms with van der Waals surface area (Å²) in [5.41, 5.74) is -2.00. The van der Waals surface area contributed by atoms with Crippen molar-refractivity contribution >= 4 is 17.7 Å². The van der Waals surface area contributed by atoms with Gasteiger partial charge in [-0.2, -0.15) is 0 Å². The van der Waals surface area contributed by atoms with E-state index < -0.39 is 28.6 Å². The number of ketones is 1. The first-order valence-corrected chi connectivity index (χ1v) is 10.7. The second-order valence-electron chi connectivity index (χ2n) is 10.8. The molecule has 8 atom stereocenters. The van der Waals surface area contributed by atoms with E-state index in [0.717, 1.165) is 12.8 Å². The maximum absolute atomic E-state index is 12.7. The van der Waals surface area contributed by atoms with Crippen LogP contribution in [-0.2, 0) is 28.6 Å². The van der Waals surface area contributed by atoms with Gasteiger partial charge in [-0.05, 0) is 43.1 Å². The Morgan fingerprint density at radius 1 is 1.17 bits per heavy atom. The molecule has 6 nitrogen and oxygen atoms in total. The average molecular weight is 402 g/mol. The molecule has 5 rings (SSSR count). The van der Waals surface area contributed by atoms with E-state index in [0.29, 0.717) is 13.0 Å². The Hall–Kier alpha value is -1.69. The summed E-state index contributed by atoms with van der Waals surface area (Å²) in [6, 6.07) is 0. The summed E-state index contributed by atoms with van der Waals surface area (Å²) in [6.45, 7) is 10.1. The van der Waals surface area contributed by atoms with E-state index >= 15 is 0 Å². The predicted molar refractivity (Wildman–Crippen MR) is 103 cm³/mol. The molecule has 2 heterocycles. The number of fused-ring (bicyclic) bond motifs is 3. The van der Waals surface area contributed by atoms with Crippen LogP contribution in [0.2, 0.25) is 0 Å².